The molecule has 0 amide bonds. The zero-order chi connectivity index (χ0) is 14.2. The topological polar surface area (TPSA) is 51.2 Å². The molecule has 0 unspecified atom stereocenters. The smallest absolute Gasteiger partial charge is 0.177 e. The normalized spacial score (nSPS) is 28.3. The third-order valence-corrected chi connectivity index (χ3v) is 4.20. The van der Waals surface area contributed by atoms with Gasteiger partial charge in [-0.3, -0.25) is 14.4 Å². The molecule has 0 saturated carbocycles. The molecule has 1 aromatic rings. The number of carbonyl (C=O) groups excluding carboxylic acids is 3. The summed E-state index contributed by atoms with van der Waals surface area (Å²) in [6, 6.07) is 8.75. The van der Waals surface area contributed by atoms with Crippen LogP contribution >= 0.6 is 0 Å². The lowest BCUT2D eigenvalue weighted by molar-refractivity contribution is -0.133. The van der Waals surface area contributed by atoms with Crippen molar-refractivity contribution in [1.29, 1.82) is 0 Å². The van der Waals surface area contributed by atoms with Gasteiger partial charge >= 0.3 is 0 Å². The highest BCUT2D eigenvalue weighted by Crippen LogP contribution is 2.44. The van der Waals surface area contributed by atoms with E-state index in [4.69, 9.17) is 0 Å². The second kappa shape index (κ2) is 4.67. The molecular weight excluding hydrogens is 252 g/mol. The minimum absolute atomic E-state index is 0.127. The maximum atomic E-state index is 12.9. The number of benzene rings is 1. The SMILES string of the molecule is O=C1C=CC(=O)[C@@]2(C(=O)c3ccccc3)CC=CC[C@@H]12. The van der Waals surface area contributed by atoms with Crippen molar-refractivity contribution < 1.29 is 14.4 Å². The molecule has 3 heteroatoms. The lowest BCUT2D eigenvalue weighted by atomic mass is 9.59. The van der Waals surface area contributed by atoms with Crippen LogP contribution in [0.15, 0.2) is 54.6 Å². The standard InChI is InChI=1S/C17H14O3/c18-14-9-10-15(19)17(11-5-4-8-13(14)17)16(20)12-6-2-1-3-7-12/h1-7,9-10,13H,8,11H2/t13-,17+/m0/s1. The van der Waals surface area contributed by atoms with Crippen molar-refractivity contribution in [3.63, 3.8) is 0 Å². The van der Waals surface area contributed by atoms with Crippen LogP contribution in [0.25, 0.3) is 0 Å². The van der Waals surface area contributed by atoms with Gasteiger partial charge in [-0.1, -0.05) is 42.5 Å². The molecule has 0 fully saturated rings. The van der Waals surface area contributed by atoms with Gasteiger partial charge in [0, 0.05) is 11.5 Å². The summed E-state index contributed by atoms with van der Waals surface area (Å²) in [4.78, 5) is 37.4. The number of carbonyl (C=O) groups is 3. The lowest BCUT2D eigenvalue weighted by Gasteiger charge is -2.39. The number of Topliss-reactive ketones (excluding diaryl/α,β-unsaturated/α-hetero) is 1. The molecule has 0 aromatic heterocycles. The van der Waals surface area contributed by atoms with Crippen LogP contribution in [0, 0.1) is 11.3 Å². The molecule has 100 valence electrons. The molecule has 0 N–H and O–H groups in total. The Bertz CT molecular complexity index is 639. The summed E-state index contributed by atoms with van der Waals surface area (Å²) >= 11 is 0. The number of ketones is 3. The summed E-state index contributed by atoms with van der Waals surface area (Å²) in [5, 5.41) is 0. The largest absolute Gasteiger partial charge is 0.294 e. The first-order valence-electron chi connectivity index (χ1n) is 6.67. The highest BCUT2D eigenvalue weighted by molar-refractivity contribution is 6.24. The Morgan fingerprint density at radius 2 is 1.80 bits per heavy atom. The molecule has 3 nitrogen and oxygen atoms in total. The fourth-order valence-electron chi connectivity index (χ4n) is 3.11. The van der Waals surface area contributed by atoms with Gasteiger partial charge in [-0.15, -0.1) is 0 Å². The number of hydrogen-bond donors (Lipinski definition) is 0. The van der Waals surface area contributed by atoms with E-state index in [1.807, 2.05) is 18.2 Å². The van der Waals surface area contributed by atoms with Crippen molar-refractivity contribution in [1.82, 2.24) is 0 Å². The van der Waals surface area contributed by atoms with Gasteiger partial charge in [0.2, 0.25) is 0 Å². The summed E-state index contributed by atoms with van der Waals surface area (Å²) in [6.07, 6.45) is 7.04. The maximum Gasteiger partial charge on any atom is 0.177 e. The molecule has 1 aromatic carbocycles. The summed E-state index contributed by atoms with van der Waals surface area (Å²) in [5.74, 6) is -1.17. The lowest BCUT2D eigenvalue weighted by Crippen LogP contribution is -2.50. The number of fused-ring (bicyclic) bond motifs is 1. The second-order valence-corrected chi connectivity index (χ2v) is 5.23. The van der Waals surface area contributed by atoms with Crippen molar-refractivity contribution >= 4 is 17.3 Å². The molecule has 20 heavy (non-hydrogen) atoms. The molecule has 0 aliphatic heterocycles. The minimum Gasteiger partial charge on any atom is -0.294 e. The monoisotopic (exact) mass is 266 g/mol. The Morgan fingerprint density at radius 1 is 1.05 bits per heavy atom. The Kier molecular flexibility index (Phi) is 2.97. The van der Waals surface area contributed by atoms with Crippen LogP contribution in [-0.2, 0) is 9.59 Å². The van der Waals surface area contributed by atoms with E-state index in [0.717, 1.165) is 0 Å². The van der Waals surface area contributed by atoms with Gasteiger partial charge < -0.3 is 0 Å². The first-order chi connectivity index (χ1) is 9.66. The van der Waals surface area contributed by atoms with Crippen LogP contribution in [0.3, 0.4) is 0 Å². The summed E-state index contributed by atoms with van der Waals surface area (Å²) in [6.45, 7) is 0. The van der Waals surface area contributed by atoms with E-state index in [-0.39, 0.29) is 17.3 Å². The highest BCUT2D eigenvalue weighted by Gasteiger charge is 2.54. The Hall–Kier alpha value is -2.29. The van der Waals surface area contributed by atoms with Crippen LogP contribution in [0.1, 0.15) is 23.2 Å². The molecule has 0 bridgehead atoms. The van der Waals surface area contributed by atoms with E-state index in [1.54, 1.807) is 24.3 Å². The predicted molar refractivity (Wildman–Crippen MR) is 74.2 cm³/mol. The van der Waals surface area contributed by atoms with Crippen molar-refractivity contribution in [2.24, 2.45) is 11.3 Å². The predicted octanol–water partition coefficient (Wildman–Crippen LogP) is 2.53. The molecular formula is C17H14O3. The van der Waals surface area contributed by atoms with E-state index in [0.29, 0.717) is 18.4 Å². The van der Waals surface area contributed by atoms with E-state index in [1.165, 1.54) is 12.2 Å². The quantitative estimate of drug-likeness (QED) is 0.469. The molecule has 2 aliphatic rings. The van der Waals surface area contributed by atoms with E-state index < -0.39 is 11.3 Å². The van der Waals surface area contributed by atoms with Crippen LogP contribution < -0.4 is 0 Å². The van der Waals surface area contributed by atoms with Crippen LogP contribution in [0.2, 0.25) is 0 Å². The molecule has 0 radical (unpaired) electrons. The molecule has 0 saturated heterocycles. The van der Waals surface area contributed by atoms with Gasteiger partial charge in [0.25, 0.3) is 0 Å². The van der Waals surface area contributed by atoms with E-state index in [9.17, 15) is 14.4 Å². The van der Waals surface area contributed by atoms with Gasteiger partial charge in [-0.25, -0.2) is 0 Å². The number of hydrogen-bond acceptors (Lipinski definition) is 3. The Morgan fingerprint density at radius 3 is 2.55 bits per heavy atom. The molecule has 2 atom stereocenters. The zero-order valence-corrected chi connectivity index (χ0v) is 10.9. The average Bonchev–Trinajstić information content (AvgIpc) is 2.51. The molecule has 2 aliphatic carbocycles. The van der Waals surface area contributed by atoms with E-state index >= 15 is 0 Å². The van der Waals surface area contributed by atoms with Gasteiger partial charge in [0.05, 0.1) is 0 Å². The van der Waals surface area contributed by atoms with Crippen LogP contribution in [0.4, 0.5) is 0 Å². The first-order valence-corrected chi connectivity index (χ1v) is 6.67. The maximum absolute atomic E-state index is 12.9. The third kappa shape index (κ3) is 1.70. The fourth-order valence-corrected chi connectivity index (χ4v) is 3.11. The fraction of sp³-hybridized carbons (Fsp3) is 0.235. The van der Waals surface area contributed by atoms with Crippen molar-refractivity contribution in [2.45, 2.75) is 12.8 Å². The number of rotatable bonds is 2. The van der Waals surface area contributed by atoms with Gasteiger partial charge in [-0.05, 0) is 25.0 Å². The average molecular weight is 266 g/mol. The van der Waals surface area contributed by atoms with Gasteiger partial charge in [0.15, 0.2) is 17.3 Å². The van der Waals surface area contributed by atoms with Crippen LogP contribution in [0.5, 0.6) is 0 Å². The van der Waals surface area contributed by atoms with E-state index in [2.05, 4.69) is 0 Å². The molecule has 3 rings (SSSR count). The summed E-state index contributed by atoms with van der Waals surface area (Å²) in [5.41, 5.74) is -0.744. The van der Waals surface area contributed by atoms with Gasteiger partial charge in [0.1, 0.15) is 5.41 Å². The van der Waals surface area contributed by atoms with Crippen molar-refractivity contribution in [2.75, 3.05) is 0 Å². The van der Waals surface area contributed by atoms with Gasteiger partial charge in [-0.2, -0.15) is 0 Å². The second-order valence-electron chi connectivity index (χ2n) is 5.23. The molecule has 0 spiro atoms. The number of allylic oxidation sites excluding steroid dienone is 4. The first kappa shape index (κ1) is 12.7. The van der Waals surface area contributed by atoms with Crippen molar-refractivity contribution in [3.05, 3.63) is 60.2 Å². The summed E-state index contributed by atoms with van der Waals surface area (Å²) in [7, 11) is 0. The van der Waals surface area contributed by atoms with Crippen LogP contribution in [-0.4, -0.2) is 17.3 Å². The third-order valence-electron chi connectivity index (χ3n) is 4.20. The Labute approximate surface area is 117 Å². The highest BCUT2D eigenvalue weighted by atomic mass is 16.2. The molecule has 0 heterocycles. The minimum atomic E-state index is -1.23. The van der Waals surface area contributed by atoms with Crippen molar-refractivity contribution in [3.8, 4) is 0 Å². The Balaban J connectivity index is 2.13. The zero-order valence-electron chi connectivity index (χ0n) is 10.9. The summed E-state index contributed by atoms with van der Waals surface area (Å²) < 4.78 is 0.